The molecule has 1 aliphatic rings. The van der Waals surface area contributed by atoms with Crippen LogP contribution in [0.2, 0.25) is 0 Å². The third-order valence-corrected chi connectivity index (χ3v) is 0.780. The van der Waals surface area contributed by atoms with Gasteiger partial charge in [0.25, 0.3) is 0 Å². The van der Waals surface area contributed by atoms with Crippen molar-refractivity contribution in [3.8, 4) is 12.0 Å². The molecule has 0 aliphatic carbocycles. The Balaban J connectivity index is 2.36. The molecule has 0 atom stereocenters. The normalized spacial score (nSPS) is 17.3. The molecule has 0 radical (unpaired) electrons. The van der Waals surface area contributed by atoms with Crippen molar-refractivity contribution in [1.29, 1.82) is 0 Å². The minimum atomic E-state index is 1.08. The minimum absolute atomic E-state index is 1.08. The van der Waals surface area contributed by atoms with Crippen LogP contribution in [0.15, 0.2) is 0 Å². The molecule has 0 spiro atoms. The van der Waals surface area contributed by atoms with Crippen molar-refractivity contribution in [1.82, 2.24) is 5.32 Å². The smallest absolute Gasteiger partial charge is 0.0238 e. The van der Waals surface area contributed by atoms with Crippen molar-refractivity contribution in [2.45, 2.75) is 12.8 Å². The molecule has 1 heterocycles. The molecule has 1 heteroatoms. The van der Waals surface area contributed by atoms with Crippen molar-refractivity contribution < 1.29 is 0 Å². The van der Waals surface area contributed by atoms with Gasteiger partial charge in [-0.2, -0.15) is 0 Å². The number of rotatable bonds is 0. The van der Waals surface area contributed by atoms with Crippen molar-refractivity contribution in [3.05, 3.63) is 0 Å². The minimum Gasteiger partial charge on any atom is -0.346 e. The van der Waals surface area contributed by atoms with Gasteiger partial charge in [-0.25, -0.2) is 0 Å². The lowest BCUT2D eigenvalue weighted by atomic mass is 10.3. The molecule has 0 bridgehead atoms. The zero-order chi connectivity index (χ0) is 4.24. The maximum absolute atomic E-state index is 2.92. The van der Waals surface area contributed by atoms with Crippen molar-refractivity contribution >= 4 is 0 Å². The molecule has 0 fully saturated rings. The molecule has 0 amide bonds. The van der Waals surface area contributed by atoms with Crippen LogP contribution < -0.4 is 5.32 Å². The lowest BCUT2D eigenvalue weighted by Gasteiger charge is -1.97. The summed E-state index contributed by atoms with van der Waals surface area (Å²) in [6.45, 7) is 1.08. The number of hydrogen-bond donors (Lipinski definition) is 1. The Morgan fingerprint density at radius 1 is 1.50 bits per heavy atom. The maximum Gasteiger partial charge on any atom is 0.0238 e. The van der Waals surface area contributed by atoms with E-state index in [1.165, 1.54) is 6.42 Å². The Bertz CT molecular complexity index is 75.8. The molecule has 0 saturated heterocycles. The van der Waals surface area contributed by atoms with Gasteiger partial charge < -0.3 is 5.32 Å². The third kappa shape index (κ3) is 0.651. The van der Waals surface area contributed by atoms with Gasteiger partial charge in [-0.15, -0.1) is 0 Å². The predicted octanol–water partition coefficient (Wildman–Crippen LogP) is 0.331. The molecule has 0 aromatic heterocycles. The highest BCUT2D eigenvalue weighted by Gasteiger charge is 1.83. The SMILES string of the molecule is C1#CNCCC1. The first kappa shape index (κ1) is 3.55. The lowest BCUT2D eigenvalue weighted by molar-refractivity contribution is 0.766. The summed E-state index contributed by atoms with van der Waals surface area (Å²) >= 11 is 0. The second-order valence-electron chi connectivity index (χ2n) is 1.33. The molecule has 32 valence electrons. The average Bonchev–Trinajstić information content (AvgIpc) is 1.72. The van der Waals surface area contributed by atoms with E-state index in [2.05, 4.69) is 17.3 Å². The van der Waals surface area contributed by atoms with Gasteiger partial charge in [0.05, 0.1) is 0 Å². The van der Waals surface area contributed by atoms with Gasteiger partial charge in [-0.05, 0) is 6.42 Å². The van der Waals surface area contributed by atoms with Gasteiger partial charge in [-0.3, -0.25) is 0 Å². The predicted molar refractivity (Wildman–Crippen MR) is 25.0 cm³/mol. The molecule has 0 unspecified atom stereocenters. The van der Waals surface area contributed by atoms with Crippen LogP contribution in [-0.4, -0.2) is 6.54 Å². The van der Waals surface area contributed by atoms with E-state index in [4.69, 9.17) is 0 Å². The van der Waals surface area contributed by atoms with E-state index in [0.717, 1.165) is 13.0 Å². The van der Waals surface area contributed by atoms with Crippen LogP contribution in [-0.2, 0) is 0 Å². The van der Waals surface area contributed by atoms with Gasteiger partial charge in [0, 0.05) is 19.0 Å². The molecule has 0 aromatic carbocycles. The van der Waals surface area contributed by atoms with E-state index in [-0.39, 0.29) is 0 Å². The van der Waals surface area contributed by atoms with Crippen molar-refractivity contribution in [3.63, 3.8) is 0 Å². The molecule has 0 saturated carbocycles. The standard InChI is InChI=1S/C5H7N/c1-2-4-6-5-3-1/h6H,1-2,4H2. The first-order valence-corrected chi connectivity index (χ1v) is 2.21. The quantitative estimate of drug-likeness (QED) is 0.414. The van der Waals surface area contributed by atoms with Crippen molar-refractivity contribution in [2.24, 2.45) is 0 Å². The average molecular weight is 81.1 g/mol. The molecule has 1 N–H and O–H groups in total. The highest BCUT2D eigenvalue weighted by atomic mass is 14.8. The van der Waals surface area contributed by atoms with E-state index in [1.807, 2.05) is 0 Å². The van der Waals surface area contributed by atoms with Crippen LogP contribution in [0.25, 0.3) is 0 Å². The van der Waals surface area contributed by atoms with Gasteiger partial charge >= 0.3 is 0 Å². The summed E-state index contributed by atoms with van der Waals surface area (Å²) in [6.07, 6.45) is 2.29. The summed E-state index contributed by atoms with van der Waals surface area (Å²) in [4.78, 5) is 0. The Kier molecular flexibility index (Phi) is 1.01. The Morgan fingerprint density at radius 3 is 2.67 bits per heavy atom. The van der Waals surface area contributed by atoms with Gasteiger partial charge in [0.1, 0.15) is 0 Å². The van der Waals surface area contributed by atoms with E-state index in [1.54, 1.807) is 0 Å². The summed E-state index contributed by atoms with van der Waals surface area (Å²) < 4.78 is 0. The topological polar surface area (TPSA) is 12.0 Å². The molecular weight excluding hydrogens is 74.1 g/mol. The van der Waals surface area contributed by atoms with E-state index in [9.17, 15) is 0 Å². The summed E-state index contributed by atoms with van der Waals surface area (Å²) in [5.41, 5.74) is 0. The number of nitrogens with one attached hydrogen (secondary N) is 1. The van der Waals surface area contributed by atoms with Crippen LogP contribution >= 0.6 is 0 Å². The summed E-state index contributed by atoms with van der Waals surface area (Å²) in [5.74, 6) is 2.92. The zero-order valence-electron chi connectivity index (χ0n) is 3.62. The largest absolute Gasteiger partial charge is 0.346 e. The molecule has 0 aromatic rings. The van der Waals surface area contributed by atoms with E-state index < -0.39 is 0 Å². The van der Waals surface area contributed by atoms with E-state index in [0.29, 0.717) is 0 Å². The van der Waals surface area contributed by atoms with Gasteiger partial charge in [0.2, 0.25) is 0 Å². The lowest BCUT2D eigenvalue weighted by Crippen LogP contribution is -2.09. The number of hydrogen-bond acceptors (Lipinski definition) is 1. The Labute approximate surface area is 37.7 Å². The molecule has 6 heavy (non-hydrogen) atoms. The molecule has 1 rings (SSSR count). The van der Waals surface area contributed by atoms with Crippen LogP contribution in [0, 0.1) is 12.0 Å². The van der Waals surface area contributed by atoms with Gasteiger partial charge in [0.15, 0.2) is 0 Å². The zero-order valence-corrected chi connectivity index (χ0v) is 3.62. The Hall–Kier alpha value is -0.640. The van der Waals surface area contributed by atoms with Crippen LogP contribution in [0.4, 0.5) is 0 Å². The fourth-order valence-electron chi connectivity index (χ4n) is 0.453. The molecule has 1 aliphatic heterocycles. The van der Waals surface area contributed by atoms with Crippen LogP contribution in [0.5, 0.6) is 0 Å². The monoisotopic (exact) mass is 81.1 g/mol. The fourth-order valence-corrected chi connectivity index (χ4v) is 0.453. The highest BCUT2D eigenvalue weighted by Crippen LogP contribution is 1.85. The molecule has 1 nitrogen and oxygen atoms in total. The maximum atomic E-state index is 2.92. The highest BCUT2D eigenvalue weighted by molar-refractivity contribution is 4.99. The second-order valence-corrected chi connectivity index (χ2v) is 1.33. The summed E-state index contributed by atoms with van der Waals surface area (Å²) in [5, 5.41) is 2.92. The molecular formula is C5H7N. The van der Waals surface area contributed by atoms with Gasteiger partial charge in [-0.1, -0.05) is 5.92 Å². The second kappa shape index (κ2) is 1.71. The third-order valence-electron chi connectivity index (χ3n) is 0.780. The van der Waals surface area contributed by atoms with Crippen LogP contribution in [0.3, 0.4) is 0 Å². The fraction of sp³-hybridized carbons (Fsp3) is 0.600. The van der Waals surface area contributed by atoms with Crippen LogP contribution in [0.1, 0.15) is 12.8 Å². The summed E-state index contributed by atoms with van der Waals surface area (Å²) in [6, 6.07) is 2.78. The van der Waals surface area contributed by atoms with Crippen molar-refractivity contribution in [2.75, 3.05) is 6.54 Å². The first-order valence-electron chi connectivity index (χ1n) is 2.21. The summed E-state index contributed by atoms with van der Waals surface area (Å²) in [7, 11) is 0. The first-order chi connectivity index (χ1) is 3.00. The van der Waals surface area contributed by atoms with E-state index >= 15 is 0 Å². The Morgan fingerprint density at radius 2 is 2.50 bits per heavy atom.